The van der Waals surface area contributed by atoms with E-state index in [4.69, 9.17) is 21.3 Å². The molecule has 0 spiro atoms. The first-order valence-corrected chi connectivity index (χ1v) is 3.20. The lowest BCUT2D eigenvalue weighted by Crippen LogP contribution is -1.98. The zero-order chi connectivity index (χ0) is 7.40. The summed E-state index contributed by atoms with van der Waals surface area (Å²) >= 11 is 5.59. The van der Waals surface area contributed by atoms with Crippen LogP contribution in [0.3, 0.4) is 0 Å². The molecule has 0 aliphatic heterocycles. The van der Waals surface area contributed by atoms with Crippen molar-refractivity contribution in [2.75, 3.05) is 0 Å². The molecule has 52 valence electrons. The Hall–Kier alpha value is -0.665. The lowest BCUT2D eigenvalue weighted by Gasteiger charge is -1.99. The van der Waals surface area contributed by atoms with E-state index in [1.165, 1.54) is 0 Å². The van der Waals surface area contributed by atoms with Gasteiger partial charge < -0.3 is 9.68 Å². The van der Waals surface area contributed by atoms with Crippen LogP contribution >= 0.6 is 11.6 Å². The van der Waals surface area contributed by atoms with Gasteiger partial charge in [-0.15, -0.1) is 0 Å². The molecule has 10 heavy (non-hydrogen) atoms. The van der Waals surface area contributed by atoms with Crippen molar-refractivity contribution in [3.63, 3.8) is 0 Å². The SMILES string of the molecule is OBOc1ccc(Cl)cc1. The maximum Gasteiger partial charge on any atom is 0.504 e. The fourth-order valence-corrected chi connectivity index (χ4v) is 0.731. The molecule has 2 nitrogen and oxygen atoms in total. The Morgan fingerprint density at radius 2 is 1.90 bits per heavy atom. The molecule has 0 aliphatic carbocycles. The van der Waals surface area contributed by atoms with E-state index in [1.807, 2.05) is 0 Å². The highest BCUT2D eigenvalue weighted by atomic mass is 35.5. The van der Waals surface area contributed by atoms with Gasteiger partial charge in [0, 0.05) is 5.02 Å². The summed E-state index contributed by atoms with van der Waals surface area (Å²) in [6, 6.07) is 6.79. The molecular formula is C6H6BClO2. The Balaban J connectivity index is 2.69. The fraction of sp³-hybridized carbons (Fsp3) is 0. The number of benzene rings is 1. The zero-order valence-corrected chi connectivity index (χ0v) is 6.01. The number of hydrogen-bond donors (Lipinski definition) is 1. The molecule has 0 amide bonds. The summed E-state index contributed by atoms with van der Waals surface area (Å²) in [7, 11) is -0.304. The highest BCUT2D eigenvalue weighted by molar-refractivity contribution is 6.30. The second-order valence-electron chi connectivity index (χ2n) is 1.73. The molecule has 0 aliphatic rings. The summed E-state index contributed by atoms with van der Waals surface area (Å²) in [5, 5.41) is 8.99. The third kappa shape index (κ3) is 1.93. The molecule has 0 saturated carbocycles. The minimum Gasteiger partial charge on any atom is -0.539 e. The normalized spacial score (nSPS) is 9.00. The second-order valence-corrected chi connectivity index (χ2v) is 2.16. The Labute approximate surface area is 64.7 Å². The van der Waals surface area contributed by atoms with Gasteiger partial charge in [0.2, 0.25) is 0 Å². The molecule has 0 unspecified atom stereocenters. The summed E-state index contributed by atoms with van der Waals surface area (Å²) in [4.78, 5) is 0. The van der Waals surface area contributed by atoms with E-state index in [2.05, 4.69) is 0 Å². The van der Waals surface area contributed by atoms with Crippen LogP contribution < -0.4 is 4.65 Å². The molecule has 1 N–H and O–H groups in total. The average molecular weight is 156 g/mol. The van der Waals surface area contributed by atoms with Crippen molar-refractivity contribution in [3.8, 4) is 5.75 Å². The maximum atomic E-state index is 8.33. The van der Waals surface area contributed by atoms with Crippen LogP contribution in [-0.4, -0.2) is 12.7 Å². The van der Waals surface area contributed by atoms with E-state index in [-0.39, 0.29) is 7.69 Å². The number of hydrogen-bond acceptors (Lipinski definition) is 2. The van der Waals surface area contributed by atoms with E-state index in [0.29, 0.717) is 10.8 Å². The first-order chi connectivity index (χ1) is 4.83. The van der Waals surface area contributed by atoms with Gasteiger partial charge in [-0.25, -0.2) is 0 Å². The first-order valence-electron chi connectivity index (χ1n) is 2.82. The van der Waals surface area contributed by atoms with E-state index in [9.17, 15) is 0 Å². The van der Waals surface area contributed by atoms with Gasteiger partial charge in [0.1, 0.15) is 5.75 Å². The Morgan fingerprint density at radius 1 is 1.30 bits per heavy atom. The maximum absolute atomic E-state index is 8.33. The van der Waals surface area contributed by atoms with Crippen LogP contribution in [0.25, 0.3) is 0 Å². The van der Waals surface area contributed by atoms with Gasteiger partial charge in [-0.05, 0) is 24.3 Å². The van der Waals surface area contributed by atoms with Crippen LogP contribution in [0.5, 0.6) is 5.75 Å². The third-order valence-corrected chi connectivity index (χ3v) is 1.30. The van der Waals surface area contributed by atoms with Crippen molar-refractivity contribution < 1.29 is 9.68 Å². The molecule has 0 fully saturated rings. The number of halogens is 1. The van der Waals surface area contributed by atoms with Crippen LogP contribution in [0, 0.1) is 0 Å². The highest BCUT2D eigenvalue weighted by Gasteiger charge is 1.91. The van der Waals surface area contributed by atoms with Crippen LogP contribution in [-0.2, 0) is 0 Å². The van der Waals surface area contributed by atoms with Gasteiger partial charge in [0.25, 0.3) is 0 Å². The summed E-state index contributed by atoms with van der Waals surface area (Å²) in [5.41, 5.74) is 0. The molecule has 0 saturated heterocycles. The van der Waals surface area contributed by atoms with Gasteiger partial charge in [0.05, 0.1) is 0 Å². The molecule has 0 atom stereocenters. The number of rotatable bonds is 2. The highest BCUT2D eigenvalue weighted by Crippen LogP contribution is 2.14. The van der Waals surface area contributed by atoms with Crippen molar-refractivity contribution in [3.05, 3.63) is 29.3 Å². The van der Waals surface area contributed by atoms with E-state index in [1.54, 1.807) is 24.3 Å². The molecule has 0 heterocycles. The lowest BCUT2D eigenvalue weighted by molar-refractivity contribution is 0.454. The van der Waals surface area contributed by atoms with E-state index >= 15 is 0 Å². The van der Waals surface area contributed by atoms with Crippen LogP contribution in [0.2, 0.25) is 5.02 Å². The minimum absolute atomic E-state index is 0.304. The summed E-state index contributed by atoms with van der Waals surface area (Å²) in [5.74, 6) is 0.618. The van der Waals surface area contributed by atoms with Crippen LogP contribution in [0.4, 0.5) is 0 Å². The van der Waals surface area contributed by atoms with Crippen LogP contribution in [0.1, 0.15) is 0 Å². The van der Waals surface area contributed by atoms with E-state index in [0.717, 1.165) is 0 Å². The first kappa shape index (κ1) is 7.44. The van der Waals surface area contributed by atoms with Gasteiger partial charge in [-0.1, -0.05) is 11.6 Å². The molecular weight excluding hydrogens is 150 g/mol. The Bertz CT molecular complexity index is 199. The quantitative estimate of drug-likeness (QED) is 0.647. The molecule has 0 radical (unpaired) electrons. The molecule has 1 aromatic carbocycles. The molecule has 0 bridgehead atoms. The standard InChI is InChI=1S/C6H6BClO2/c8-5-1-3-6(4-2-5)10-7-9/h1-4,7,9H. The van der Waals surface area contributed by atoms with Crippen molar-refractivity contribution >= 4 is 19.3 Å². The van der Waals surface area contributed by atoms with Gasteiger partial charge >= 0.3 is 7.69 Å². The zero-order valence-electron chi connectivity index (χ0n) is 5.25. The summed E-state index contributed by atoms with van der Waals surface area (Å²) < 4.78 is 4.76. The molecule has 1 aromatic rings. The fourth-order valence-electron chi connectivity index (χ4n) is 0.605. The summed E-state index contributed by atoms with van der Waals surface area (Å²) in [6.07, 6.45) is 0. The predicted molar refractivity (Wildman–Crippen MR) is 41.4 cm³/mol. The van der Waals surface area contributed by atoms with Crippen molar-refractivity contribution in [1.82, 2.24) is 0 Å². The second kappa shape index (κ2) is 3.49. The third-order valence-electron chi connectivity index (χ3n) is 1.04. The van der Waals surface area contributed by atoms with Crippen molar-refractivity contribution in [1.29, 1.82) is 0 Å². The van der Waals surface area contributed by atoms with E-state index < -0.39 is 0 Å². The smallest absolute Gasteiger partial charge is 0.504 e. The van der Waals surface area contributed by atoms with Gasteiger partial charge in [-0.3, -0.25) is 0 Å². The Morgan fingerprint density at radius 3 is 2.40 bits per heavy atom. The van der Waals surface area contributed by atoms with Crippen molar-refractivity contribution in [2.45, 2.75) is 0 Å². The van der Waals surface area contributed by atoms with Gasteiger partial charge in [-0.2, -0.15) is 0 Å². The van der Waals surface area contributed by atoms with Crippen LogP contribution in [0.15, 0.2) is 24.3 Å². The summed E-state index contributed by atoms with van der Waals surface area (Å²) in [6.45, 7) is 0. The van der Waals surface area contributed by atoms with Crippen molar-refractivity contribution in [2.24, 2.45) is 0 Å². The van der Waals surface area contributed by atoms with Gasteiger partial charge in [0.15, 0.2) is 0 Å². The lowest BCUT2D eigenvalue weighted by atomic mass is 10.3. The topological polar surface area (TPSA) is 29.5 Å². The minimum atomic E-state index is -0.304. The molecule has 1 rings (SSSR count). The molecule has 0 aromatic heterocycles. The predicted octanol–water partition coefficient (Wildman–Crippen LogP) is 0.978. The molecule has 4 heteroatoms. The average Bonchev–Trinajstić information content (AvgIpc) is 1.95. The Kier molecular flexibility index (Phi) is 2.60. The monoisotopic (exact) mass is 156 g/mol. The largest absolute Gasteiger partial charge is 0.539 e.